The van der Waals surface area contributed by atoms with Crippen molar-refractivity contribution in [2.24, 2.45) is 13.0 Å². The van der Waals surface area contributed by atoms with Crippen molar-refractivity contribution in [3.05, 3.63) is 35.8 Å². The van der Waals surface area contributed by atoms with Crippen molar-refractivity contribution in [2.45, 2.75) is 26.3 Å². The Morgan fingerprint density at radius 2 is 2.39 bits per heavy atom. The van der Waals surface area contributed by atoms with Gasteiger partial charge in [0.15, 0.2) is 0 Å². The van der Waals surface area contributed by atoms with Crippen LogP contribution in [0.15, 0.2) is 24.5 Å². The highest BCUT2D eigenvalue weighted by Gasteiger charge is 2.17. The second kappa shape index (κ2) is 7.57. The summed E-state index contributed by atoms with van der Waals surface area (Å²) in [6.07, 6.45) is 5.83. The van der Waals surface area contributed by atoms with Crippen molar-refractivity contribution in [1.29, 1.82) is 0 Å². The van der Waals surface area contributed by atoms with Gasteiger partial charge in [-0.1, -0.05) is 0 Å². The normalized spacial score (nSPS) is 18.1. The zero-order valence-corrected chi connectivity index (χ0v) is 13.8. The second-order valence-corrected chi connectivity index (χ2v) is 6.00. The van der Waals surface area contributed by atoms with E-state index in [-0.39, 0.29) is 0 Å². The van der Waals surface area contributed by atoms with E-state index in [1.165, 1.54) is 6.42 Å². The topological polar surface area (TPSA) is 61.2 Å². The minimum absolute atomic E-state index is 0.600. The molecule has 0 bridgehead atoms. The Bertz CT molecular complexity index is 621. The summed E-state index contributed by atoms with van der Waals surface area (Å²) < 4.78 is 13.3. The van der Waals surface area contributed by atoms with Gasteiger partial charge in [-0.25, -0.2) is 4.68 Å². The first-order chi connectivity index (χ1) is 11.2. The zero-order chi connectivity index (χ0) is 16.1. The Hall–Kier alpha value is -1.92. The van der Waals surface area contributed by atoms with Crippen LogP contribution in [0.3, 0.4) is 0 Å². The number of nitrogens with zero attached hydrogens (tertiary/aromatic N) is 3. The van der Waals surface area contributed by atoms with Crippen molar-refractivity contribution in [2.75, 3.05) is 19.8 Å². The average Bonchev–Trinajstić information content (AvgIpc) is 2.84. The number of aryl methyl sites for hydroxylation is 2. The zero-order valence-electron chi connectivity index (χ0n) is 13.8. The molecule has 0 spiro atoms. The van der Waals surface area contributed by atoms with Crippen LogP contribution < -0.4 is 10.1 Å². The van der Waals surface area contributed by atoms with E-state index in [1.807, 2.05) is 26.1 Å². The number of hydrogen-bond donors (Lipinski definition) is 1. The summed E-state index contributed by atoms with van der Waals surface area (Å²) in [5.74, 6) is 2.09. The fraction of sp³-hybridized carbons (Fsp3) is 0.529. The van der Waals surface area contributed by atoms with Gasteiger partial charge in [-0.3, -0.25) is 4.98 Å². The van der Waals surface area contributed by atoms with E-state index in [1.54, 1.807) is 17.1 Å². The van der Waals surface area contributed by atoms with E-state index < -0.39 is 0 Å². The molecular weight excluding hydrogens is 292 g/mol. The molecule has 6 nitrogen and oxygen atoms in total. The van der Waals surface area contributed by atoms with E-state index in [9.17, 15) is 0 Å². The predicted octanol–water partition coefficient (Wildman–Crippen LogP) is 2.43. The fourth-order valence-corrected chi connectivity index (χ4v) is 2.90. The van der Waals surface area contributed by atoms with Crippen molar-refractivity contribution in [3.63, 3.8) is 0 Å². The number of rotatable bonds is 6. The molecule has 1 atom stereocenters. The molecule has 1 N–H and O–H groups in total. The van der Waals surface area contributed by atoms with Gasteiger partial charge < -0.3 is 14.8 Å². The van der Waals surface area contributed by atoms with Crippen LogP contribution in [0.5, 0.6) is 11.6 Å². The minimum Gasteiger partial charge on any atom is -0.437 e. The molecule has 3 rings (SSSR count). The lowest BCUT2D eigenvalue weighted by Crippen LogP contribution is -2.29. The Morgan fingerprint density at radius 3 is 3.13 bits per heavy atom. The number of pyridine rings is 1. The third kappa shape index (κ3) is 4.09. The maximum atomic E-state index is 5.98. The molecule has 1 fully saturated rings. The van der Waals surface area contributed by atoms with Gasteiger partial charge in [0, 0.05) is 32.9 Å². The van der Waals surface area contributed by atoms with Gasteiger partial charge in [0.05, 0.1) is 24.1 Å². The summed E-state index contributed by atoms with van der Waals surface area (Å²) >= 11 is 0. The van der Waals surface area contributed by atoms with Crippen molar-refractivity contribution < 1.29 is 9.47 Å². The summed E-state index contributed by atoms with van der Waals surface area (Å²) in [7, 11) is 1.90. The van der Waals surface area contributed by atoms with E-state index in [4.69, 9.17) is 9.47 Å². The van der Waals surface area contributed by atoms with E-state index in [2.05, 4.69) is 15.4 Å². The maximum Gasteiger partial charge on any atom is 0.222 e. The Labute approximate surface area is 136 Å². The van der Waals surface area contributed by atoms with Crippen LogP contribution in [0.4, 0.5) is 0 Å². The Balaban J connectivity index is 1.64. The molecule has 0 radical (unpaired) electrons. The van der Waals surface area contributed by atoms with Gasteiger partial charge in [-0.2, -0.15) is 5.10 Å². The van der Waals surface area contributed by atoms with Gasteiger partial charge in [0.25, 0.3) is 0 Å². The van der Waals surface area contributed by atoms with Crippen molar-refractivity contribution in [1.82, 2.24) is 20.1 Å². The molecule has 1 aliphatic heterocycles. The van der Waals surface area contributed by atoms with Crippen LogP contribution in [0.2, 0.25) is 0 Å². The average molecular weight is 316 g/mol. The molecule has 2 aromatic rings. The van der Waals surface area contributed by atoms with Gasteiger partial charge in [0.2, 0.25) is 5.88 Å². The third-order valence-corrected chi connectivity index (χ3v) is 4.13. The summed E-state index contributed by atoms with van der Waals surface area (Å²) in [6.45, 7) is 5.47. The summed E-state index contributed by atoms with van der Waals surface area (Å²) in [6, 6.07) is 3.76. The molecule has 6 heteroatoms. The molecular formula is C17H24N4O2. The van der Waals surface area contributed by atoms with E-state index in [0.717, 1.165) is 55.6 Å². The molecule has 2 aromatic heterocycles. The third-order valence-electron chi connectivity index (χ3n) is 4.13. The quantitative estimate of drug-likeness (QED) is 0.887. The molecule has 0 amide bonds. The lowest BCUT2D eigenvalue weighted by Gasteiger charge is -2.22. The largest absolute Gasteiger partial charge is 0.437 e. The molecule has 3 heterocycles. The first kappa shape index (κ1) is 16.0. The van der Waals surface area contributed by atoms with E-state index >= 15 is 0 Å². The monoisotopic (exact) mass is 316 g/mol. The Kier molecular flexibility index (Phi) is 5.25. The number of ether oxygens (including phenoxy) is 2. The van der Waals surface area contributed by atoms with E-state index in [0.29, 0.717) is 5.92 Å². The van der Waals surface area contributed by atoms with Gasteiger partial charge in [-0.15, -0.1) is 0 Å². The van der Waals surface area contributed by atoms with Crippen molar-refractivity contribution >= 4 is 0 Å². The van der Waals surface area contributed by atoms with Crippen LogP contribution in [-0.2, 0) is 18.3 Å². The molecule has 0 aromatic carbocycles. The van der Waals surface area contributed by atoms with Crippen LogP contribution in [-0.4, -0.2) is 34.5 Å². The smallest absolute Gasteiger partial charge is 0.222 e. The second-order valence-electron chi connectivity index (χ2n) is 6.00. The lowest BCUT2D eigenvalue weighted by atomic mass is 10.0. The van der Waals surface area contributed by atoms with Crippen LogP contribution in [0, 0.1) is 12.8 Å². The van der Waals surface area contributed by atoms with Crippen LogP contribution >= 0.6 is 0 Å². The summed E-state index contributed by atoms with van der Waals surface area (Å²) in [5, 5.41) is 8.00. The highest BCUT2D eigenvalue weighted by molar-refractivity contribution is 5.34. The van der Waals surface area contributed by atoms with Gasteiger partial charge in [0.1, 0.15) is 5.75 Å². The molecule has 1 saturated heterocycles. The lowest BCUT2D eigenvalue weighted by molar-refractivity contribution is 0.0547. The van der Waals surface area contributed by atoms with Gasteiger partial charge in [-0.05, 0) is 37.8 Å². The number of hydrogen-bond acceptors (Lipinski definition) is 5. The minimum atomic E-state index is 0.600. The highest BCUT2D eigenvalue weighted by atomic mass is 16.5. The predicted molar refractivity (Wildman–Crippen MR) is 87.5 cm³/mol. The molecule has 0 saturated carbocycles. The number of aromatic nitrogens is 3. The molecule has 124 valence electrons. The summed E-state index contributed by atoms with van der Waals surface area (Å²) in [5.41, 5.74) is 2.08. The van der Waals surface area contributed by atoms with Crippen LogP contribution in [0.25, 0.3) is 0 Å². The molecule has 0 aliphatic carbocycles. The SMILES string of the molecule is Cc1nn(C)c(Oc2cccnc2)c1CNC[C@H]1CCCOC1. The standard InChI is InChI=1S/C17H24N4O2/c1-13-16(11-19-9-14-5-4-8-22-12-14)17(21(2)20-13)23-15-6-3-7-18-10-15/h3,6-7,10,14,19H,4-5,8-9,11-12H2,1-2H3/t14-/m1/s1. The first-order valence-electron chi connectivity index (χ1n) is 8.13. The van der Waals surface area contributed by atoms with Crippen LogP contribution in [0.1, 0.15) is 24.1 Å². The Morgan fingerprint density at radius 1 is 1.48 bits per heavy atom. The van der Waals surface area contributed by atoms with Gasteiger partial charge >= 0.3 is 0 Å². The number of nitrogens with one attached hydrogen (secondary N) is 1. The fourth-order valence-electron chi connectivity index (χ4n) is 2.90. The summed E-state index contributed by atoms with van der Waals surface area (Å²) in [4.78, 5) is 4.09. The highest BCUT2D eigenvalue weighted by Crippen LogP contribution is 2.26. The van der Waals surface area contributed by atoms with Crippen molar-refractivity contribution in [3.8, 4) is 11.6 Å². The first-order valence-corrected chi connectivity index (χ1v) is 8.13. The maximum absolute atomic E-state index is 5.98. The molecule has 1 aliphatic rings. The molecule has 0 unspecified atom stereocenters. The molecule has 23 heavy (non-hydrogen) atoms.